The summed E-state index contributed by atoms with van der Waals surface area (Å²) in [5, 5.41) is 7.80. The van der Waals surface area contributed by atoms with Gasteiger partial charge in [0.25, 0.3) is 0 Å². The average Bonchev–Trinajstić information content (AvgIpc) is 2.89. The normalized spacial score (nSPS) is 20.5. The maximum atomic E-state index is 5.89. The summed E-state index contributed by atoms with van der Waals surface area (Å²) in [5.41, 5.74) is 7.39. The molecule has 3 aromatic rings. The van der Waals surface area contributed by atoms with E-state index < -0.39 is 0 Å². The SMILES string of the molecule is Nc1cccnc1NC1CC(Nc2nc3ncccc3s2)C1. The van der Waals surface area contributed by atoms with Crippen molar-refractivity contribution in [2.24, 2.45) is 0 Å². The average molecular weight is 312 g/mol. The molecule has 0 aromatic carbocycles. The molecular formula is C15H16N6S. The molecule has 1 aliphatic carbocycles. The van der Waals surface area contributed by atoms with Crippen LogP contribution in [0.3, 0.4) is 0 Å². The molecule has 3 aromatic heterocycles. The minimum Gasteiger partial charge on any atom is -0.396 e. The third-order valence-electron chi connectivity index (χ3n) is 3.81. The number of nitrogen functional groups attached to an aromatic ring is 1. The lowest BCUT2D eigenvalue weighted by molar-refractivity contribution is 0.396. The van der Waals surface area contributed by atoms with Crippen LogP contribution in [0.5, 0.6) is 0 Å². The predicted octanol–water partition coefficient (Wildman–Crippen LogP) is 2.72. The number of nitrogens with zero attached hydrogens (tertiary/aromatic N) is 3. The maximum Gasteiger partial charge on any atom is 0.185 e. The molecule has 4 rings (SSSR count). The summed E-state index contributed by atoms with van der Waals surface area (Å²) in [6.07, 6.45) is 5.58. The van der Waals surface area contributed by atoms with Crippen LogP contribution in [-0.2, 0) is 0 Å². The van der Waals surface area contributed by atoms with Crippen molar-refractivity contribution in [2.75, 3.05) is 16.4 Å². The highest BCUT2D eigenvalue weighted by atomic mass is 32.1. The van der Waals surface area contributed by atoms with Gasteiger partial charge in [0.05, 0.1) is 10.4 Å². The van der Waals surface area contributed by atoms with Gasteiger partial charge in [-0.1, -0.05) is 11.3 Å². The molecule has 3 heterocycles. The molecule has 1 aliphatic rings. The fraction of sp³-hybridized carbons (Fsp3) is 0.267. The first-order chi connectivity index (χ1) is 10.8. The van der Waals surface area contributed by atoms with Gasteiger partial charge < -0.3 is 16.4 Å². The van der Waals surface area contributed by atoms with Crippen LogP contribution in [0.15, 0.2) is 36.7 Å². The zero-order chi connectivity index (χ0) is 14.9. The van der Waals surface area contributed by atoms with Crippen LogP contribution in [0.1, 0.15) is 12.8 Å². The van der Waals surface area contributed by atoms with Gasteiger partial charge in [-0.05, 0) is 37.1 Å². The number of thiazole rings is 1. The van der Waals surface area contributed by atoms with Crippen molar-refractivity contribution in [3.63, 3.8) is 0 Å². The van der Waals surface area contributed by atoms with E-state index in [4.69, 9.17) is 5.73 Å². The maximum absolute atomic E-state index is 5.89. The lowest BCUT2D eigenvalue weighted by Crippen LogP contribution is -2.43. The van der Waals surface area contributed by atoms with E-state index in [0.29, 0.717) is 17.8 Å². The van der Waals surface area contributed by atoms with Crippen molar-refractivity contribution in [2.45, 2.75) is 24.9 Å². The van der Waals surface area contributed by atoms with Crippen molar-refractivity contribution in [3.8, 4) is 0 Å². The van der Waals surface area contributed by atoms with Crippen LogP contribution in [0, 0.1) is 0 Å². The van der Waals surface area contributed by atoms with E-state index in [1.807, 2.05) is 24.3 Å². The number of nitrogens with two attached hydrogens (primary N) is 1. The highest BCUT2D eigenvalue weighted by Crippen LogP contribution is 2.31. The van der Waals surface area contributed by atoms with Crippen LogP contribution >= 0.6 is 11.3 Å². The van der Waals surface area contributed by atoms with E-state index in [0.717, 1.165) is 34.1 Å². The molecule has 7 heteroatoms. The van der Waals surface area contributed by atoms with Gasteiger partial charge >= 0.3 is 0 Å². The van der Waals surface area contributed by atoms with E-state index in [9.17, 15) is 0 Å². The summed E-state index contributed by atoms with van der Waals surface area (Å²) in [6.45, 7) is 0. The Labute approximate surface area is 131 Å². The molecule has 4 N–H and O–H groups in total. The second kappa shape index (κ2) is 5.42. The minimum absolute atomic E-state index is 0.405. The number of pyridine rings is 2. The van der Waals surface area contributed by atoms with Crippen molar-refractivity contribution in [1.82, 2.24) is 15.0 Å². The Hall–Kier alpha value is -2.41. The van der Waals surface area contributed by atoms with Crippen LogP contribution in [0.2, 0.25) is 0 Å². The molecule has 0 radical (unpaired) electrons. The number of fused-ring (bicyclic) bond motifs is 1. The number of rotatable bonds is 4. The van der Waals surface area contributed by atoms with Gasteiger partial charge in [-0.3, -0.25) is 0 Å². The Morgan fingerprint density at radius 1 is 1.05 bits per heavy atom. The summed E-state index contributed by atoms with van der Waals surface area (Å²) in [4.78, 5) is 13.0. The van der Waals surface area contributed by atoms with E-state index in [1.165, 1.54) is 0 Å². The quantitative estimate of drug-likeness (QED) is 0.686. The van der Waals surface area contributed by atoms with E-state index in [1.54, 1.807) is 23.7 Å². The molecule has 0 unspecified atom stereocenters. The molecule has 0 bridgehead atoms. The monoisotopic (exact) mass is 312 g/mol. The van der Waals surface area contributed by atoms with Gasteiger partial charge in [-0.15, -0.1) is 0 Å². The third-order valence-corrected chi connectivity index (χ3v) is 4.75. The third kappa shape index (κ3) is 2.55. The van der Waals surface area contributed by atoms with E-state index in [2.05, 4.69) is 25.6 Å². The Kier molecular flexibility index (Phi) is 3.27. The first-order valence-electron chi connectivity index (χ1n) is 7.23. The fourth-order valence-corrected chi connectivity index (χ4v) is 3.49. The summed E-state index contributed by atoms with van der Waals surface area (Å²) in [6, 6.07) is 8.51. The Morgan fingerprint density at radius 2 is 1.82 bits per heavy atom. The first-order valence-corrected chi connectivity index (χ1v) is 8.05. The predicted molar refractivity (Wildman–Crippen MR) is 90.1 cm³/mol. The second-order valence-corrected chi connectivity index (χ2v) is 6.47. The number of anilines is 3. The Bertz CT molecular complexity index is 762. The molecule has 1 fully saturated rings. The summed E-state index contributed by atoms with van der Waals surface area (Å²) in [5.74, 6) is 0.773. The molecule has 0 atom stereocenters. The number of hydrogen-bond donors (Lipinski definition) is 3. The largest absolute Gasteiger partial charge is 0.396 e. The van der Waals surface area contributed by atoms with E-state index >= 15 is 0 Å². The number of hydrogen-bond acceptors (Lipinski definition) is 7. The molecule has 6 nitrogen and oxygen atoms in total. The molecule has 22 heavy (non-hydrogen) atoms. The highest BCUT2D eigenvalue weighted by molar-refractivity contribution is 7.22. The van der Waals surface area contributed by atoms with Gasteiger partial charge in [0.1, 0.15) is 5.82 Å². The van der Waals surface area contributed by atoms with Crippen molar-refractivity contribution in [3.05, 3.63) is 36.7 Å². The smallest absolute Gasteiger partial charge is 0.185 e. The highest BCUT2D eigenvalue weighted by Gasteiger charge is 2.30. The van der Waals surface area contributed by atoms with Crippen LogP contribution in [0.4, 0.5) is 16.6 Å². The summed E-state index contributed by atoms with van der Waals surface area (Å²) < 4.78 is 1.11. The molecule has 0 amide bonds. The van der Waals surface area contributed by atoms with Gasteiger partial charge in [0.15, 0.2) is 10.8 Å². The van der Waals surface area contributed by atoms with Gasteiger partial charge in [-0.2, -0.15) is 0 Å². The standard InChI is InChI=1S/C15H16N6S/c16-11-3-1-5-17-13(11)19-9-7-10(8-9)20-15-21-14-12(22-15)4-2-6-18-14/h1-6,9-10H,7-8,16H2,(H,17,19)(H,18,20,21). The zero-order valence-corrected chi connectivity index (χ0v) is 12.7. The number of aromatic nitrogens is 3. The van der Waals surface area contributed by atoms with Crippen LogP contribution in [0.25, 0.3) is 10.3 Å². The Balaban J connectivity index is 1.35. The molecular weight excluding hydrogens is 296 g/mol. The van der Waals surface area contributed by atoms with Gasteiger partial charge in [0.2, 0.25) is 0 Å². The zero-order valence-electron chi connectivity index (χ0n) is 11.9. The van der Waals surface area contributed by atoms with Crippen molar-refractivity contribution >= 4 is 38.3 Å². The lowest BCUT2D eigenvalue weighted by atomic mass is 9.87. The molecule has 0 spiro atoms. The van der Waals surface area contributed by atoms with Crippen molar-refractivity contribution < 1.29 is 0 Å². The molecule has 0 aliphatic heterocycles. The summed E-state index contributed by atoms with van der Waals surface area (Å²) in [7, 11) is 0. The van der Waals surface area contributed by atoms with Crippen molar-refractivity contribution in [1.29, 1.82) is 0 Å². The topological polar surface area (TPSA) is 88.8 Å². The fourth-order valence-electron chi connectivity index (χ4n) is 2.59. The van der Waals surface area contributed by atoms with Gasteiger partial charge in [-0.25, -0.2) is 15.0 Å². The first kappa shape index (κ1) is 13.3. The minimum atomic E-state index is 0.405. The second-order valence-electron chi connectivity index (χ2n) is 5.44. The Morgan fingerprint density at radius 3 is 2.64 bits per heavy atom. The van der Waals surface area contributed by atoms with Crippen LogP contribution in [-0.4, -0.2) is 27.0 Å². The van der Waals surface area contributed by atoms with Crippen LogP contribution < -0.4 is 16.4 Å². The van der Waals surface area contributed by atoms with Gasteiger partial charge in [0, 0.05) is 24.5 Å². The van der Waals surface area contributed by atoms with E-state index in [-0.39, 0.29) is 0 Å². The molecule has 1 saturated carbocycles. The summed E-state index contributed by atoms with van der Waals surface area (Å²) >= 11 is 1.65. The molecule has 112 valence electrons. The molecule has 0 saturated heterocycles. The lowest BCUT2D eigenvalue weighted by Gasteiger charge is -2.36. The number of nitrogens with one attached hydrogen (secondary N) is 2.